The van der Waals surface area contributed by atoms with Gasteiger partial charge in [-0.1, -0.05) is 152 Å². The maximum Gasteiger partial charge on any atom is 0.124 e. The van der Waals surface area contributed by atoms with Crippen LogP contribution in [0.5, 0.6) is 0 Å². The van der Waals surface area contributed by atoms with Gasteiger partial charge in [-0.3, -0.25) is 0 Å². The van der Waals surface area contributed by atoms with Crippen LogP contribution in [0.1, 0.15) is 0 Å². The number of benzene rings is 9. The van der Waals surface area contributed by atoms with E-state index in [0.29, 0.717) is 0 Å². The Morgan fingerprint density at radius 3 is 1.77 bits per heavy atom. The second-order valence-electron chi connectivity index (χ2n) is 14.3. The molecule has 0 radical (unpaired) electrons. The number of aromatic nitrogens is 1. The average molecular weight is 763 g/mol. The minimum absolute atomic E-state index is 1.06. The highest BCUT2D eigenvalue weighted by atomic mass is 32.1. The molecule has 0 saturated carbocycles. The first-order valence-corrected chi connectivity index (χ1v) is 20.8. The summed E-state index contributed by atoms with van der Waals surface area (Å²) in [6.45, 7) is 0. The summed E-state index contributed by atoms with van der Waals surface area (Å²) in [5.41, 5.74) is 12.7. The molecule has 0 unspecified atom stereocenters. The quantitative estimate of drug-likeness (QED) is 0.161. The molecule has 0 aliphatic heterocycles. The number of rotatable bonds is 7. The van der Waals surface area contributed by atoms with Crippen LogP contribution in [0.25, 0.3) is 85.1 Å². The van der Waals surface area contributed by atoms with Crippen molar-refractivity contribution in [2.45, 2.75) is 0 Å². The van der Waals surface area contributed by atoms with E-state index in [0.717, 1.165) is 33.1 Å². The zero-order valence-corrected chi connectivity index (χ0v) is 32.5. The maximum absolute atomic E-state index is 5.05. The Kier molecular flexibility index (Phi) is 8.24. The molecule has 268 valence electrons. The van der Waals surface area contributed by atoms with Gasteiger partial charge in [0.2, 0.25) is 0 Å². The lowest BCUT2D eigenvalue weighted by molar-refractivity contribution is 1.28. The van der Waals surface area contributed by atoms with Crippen LogP contribution in [0, 0.1) is 0 Å². The number of nitrogens with zero attached hydrogens (tertiary/aromatic N) is 2. The lowest BCUT2D eigenvalue weighted by Crippen LogP contribution is -2.11. The van der Waals surface area contributed by atoms with Crippen LogP contribution in [-0.2, 0) is 0 Å². The van der Waals surface area contributed by atoms with Crippen LogP contribution in [-0.4, -0.2) is 4.98 Å². The van der Waals surface area contributed by atoms with E-state index < -0.39 is 0 Å². The summed E-state index contributed by atoms with van der Waals surface area (Å²) in [7, 11) is 0. The molecule has 0 atom stereocenters. The fourth-order valence-corrected chi connectivity index (χ4v) is 10.4. The molecular formula is C53H34N2S2. The van der Waals surface area contributed by atoms with E-state index in [1.807, 2.05) is 11.3 Å². The SMILES string of the molecule is c1ccc(-c2nc3ccc4sc5ccc(-c6ccc(N(c7ccc(-c8cccc9ccccc89)cc7)c7ccccc7-c7ccccc7)cc6)cc5c4c3s2)cc1. The van der Waals surface area contributed by atoms with E-state index in [1.54, 1.807) is 11.3 Å². The van der Waals surface area contributed by atoms with Crippen molar-refractivity contribution >= 4 is 80.9 Å². The van der Waals surface area contributed by atoms with Gasteiger partial charge in [0.1, 0.15) is 5.01 Å². The van der Waals surface area contributed by atoms with Crippen LogP contribution >= 0.6 is 22.7 Å². The predicted octanol–water partition coefficient (Wildman–Crippen LogP) is 16.0. The monoisotopic (exact) mass is 762 g/mol. The Balaban J connectivity index is 1.01. The Bertz CT molecular complexity index is 3210. The number of hydrogen-bond donors (Lipinski definition) is 0. The summed E-state index contributed by atoms with van der Waals surface area (Å²) < 4.78 is 3.85. The van der Waals surface area contributed by atoms with Crippen LogP contribution < -0.4 is 4.90 Å². The molecule has 2 nitrogen and oxygen atoms in total. The minimum atomic E-state index is 1.06. The van der Waals surface area contributed by atoms with Crippen molar-refractivity contribution in [2.75, 3.05) is 4.90 Å². The first-order valence-electron chi connectivity index (χ1n) is 19.2. The van der Waals surface area contributed by atoms with E-state index in [1.165, 1.54) is 69.0 Å². The predicted molar refractivity (Wildman–Crippen MR) is 246 cm³/mol. The summed E-state index contributed by atoms with van der Waals surface area (Å²) in [5, 5.41) is 6.16. The molecule has 0 saturated heterocycles. The topological polar surface area (TPSA) is 16.1 Å². The first kappa shape index (κ1) is 33.5. The van der Waals surface area contributed by atoms with Crippen molar-refractivity contribution < 1.29 is 0 Å². The number of hydrogen-bond acceptors (Lipinski definition) is 4. The molecule has 0 aliphatic rings. The normalized spacial score (nSPS) is 11.5. The number of thiazole rings is 1. The van der Waals surface area contributed by atoms with Crippen molar-refractivity contribution in [1.29, 1.82) is 0 Å². The van der Waals surface area contributed by atoms with Gasteiger partial charge in [0.25, 0.3) is 0 Å². The third-order valence-electron chi connectivity index (χ3n) is 10.9. The fraction of sp³-hybridized carbons (Fsp3) is 0. The van der Waals surface area contributed by atoms with Crippen molar-refractivity contribution in [1.82, 2.24) is 4.98 Å². The lowest BCUT2D eigenvalue weighted by Gasteiger charge is -2.28. The third kappa shape index (κ3) is 5.98. The number of para-hydroxylation sites is 1. The van der Waals surface area contributed by atoms with Gasteiger partial charge in [-0.2, -0.15) is 0 Å². The minimum Gasteiger partial charge on any atom is -0.310 e. The Morgan fingerprint density at radius 2 is 0.982 bits per heavy atom. The standard InChI is InChI=1S/C53H34N2S2/c1-3-12-37(13-4-1)45-19-9-10-21-48(45)55(42-29-24-38(25-30-42)44-20-11-17-36-14-7-8-18-43(36)44)41-27-22-35(23-28-41)40-26-32-49-46(34-40)51-50(56-49)33-31-47-52(51)57-53(54-47)39-15-5-2-6-16-39/h1-34H. The van der Waals surface area contributed by atoms with Crippen LogP contribution in [0.2, 0.25) is 0 Å². The molecule has 0 bridgehead atoms. The number of fused-ring (bicyclic) bond motifs is 6. The van der Waals surface area contributed by atoms with Crippen LogP contribution in [0.15, 0.2) is 206 Å². The highest BCUT2D eigenvalue weighted by Crippen LogP contribution is 2.45. The largest absolute Gasteiger partial charge is 0.310 e. The molecule has 0 spiro atoms. The third-order valence-corrected chi connectivity index (χ3v) is 13.2. The Morgan fingerprint density at radius 1 is 0.386 bits per heavy atom. The van der Waals surface area contributed by atoms with E-state index >= 15 is 0 Å². The Hall–Kier alpha value is -6.85. The Labute approximate surface area is 339 Å². The van der Waals surface area contributed by atoms with E-state index in [4.69, 9.17) is 4.98 Å². The zero-order chi connectivity index (χ0) is 37.7. The van der Waals surface area contributed by atoms with Gasteiger partial charge in [0.15, 0.2) is 0 Å². The second-order valence-corrected chi connectivity index (χ2v) is 16.4. The highest BCUT2D eigenvalue weighted by Gasteiger charge is 2.19. The smallest absolute Gasteiger partial charge is 0.124 e. The van der Waals surface area contributed by atoms with Gasteiger partial charge in [-0.05, 0) is 93.2 Å². The molecule has 2 heterocycles. The number of thiophene rings is 1. The molecule has 57 heavy (non-hydrogen) atoms. The van der Waals surface area contributed by atoms with Crippen molar-refractivity contribution in [3.63, 3.8) is 0 Å². The highest BCUT2D eigenvalue weighted by molar-refractivity contribution is 7.28. The molecule has 0 amide bonds. The van der Waals surface area contributed by atoms with Gasteiger partial charge >= 0.3 is 0 Å². The second kappa shape index (κ2) is 14.0. The molecule has 0 N–H and O–H groups in total. The van der Waals surface area contributed by atoms with Crippen molar-refractivity contribution in [3.05, 3.63) is 206 Å². The molecule has 2 aromatic heterocycles. The average Bonchev–Trinajstić information content (AvgIpc) is 3.89. The van der Waals surface area contributed by atoms with Crippen molar-refractivity contribution in [3.8, 4) is 44.0 Å². The summed E-state index contributed by atoms with van der Waals surface area (Å²) in [6, 6.07) is 74.5. The van der Waals surface area contributed by atoms with E-state index in [-0.39, 0.29) is 0 Å². The number of anilines is 3. The molecule has 11 aromatic rings. The van der Waals surface area contributed by atoms with Gasteiger partial charge in [0, 0.05) is 42.7 Å². The van der Waals surface area contributed by atoms with Gasteiger partial charge in [-0.25, -0.2) is 4.98 Å². The van der Waals surface area contributed by atoms with Gasteiger partial charge < -0.3 is 4.90 Å². The van der Waals surface area contributed by atoms with E-state index in [2.05, 4.69) is 211 Å². The molecule has 0 fully saturated rings. The van der Waals surface area contributed by atoms with Crippen molar-refractivity contribution in [2.24, 2.45) is 0 Å². The summed E-state index contributed by atoms with van der Waals surface area (Å²) in [4.78, 5) is 7.44. The molecule has 11 rings (SSSR count). The van der Waals surface area contributed by atoms with Crippen LogP contribution in [0.3, 0.4) is 0 Å². The molecule has 9 aromatic carbocycles. The molecular weight excluding hydrogens is 729 g/mol. The summed E-state index contributed by atoms with van der Waals surface area (Å²) >= 11 is 3.65. The summed E-state index contributed by atoms with van der Waals surface area (Å²) in [6.07, 6.45) is 0. The van der Waals surface area contributed by atoms with Gasteiger partial charge in [0.05, 0.1) is 15.9 Å². The zero-order valence-electron chi connectivity index (χ0n) is 30.8. The first-order chi connectivity index (χ1) is 28.2. The van der Waals surface area contributed by atoms with E-state index in [9.17, 15) is 0 Å². The van der Waals surface area contributed by atoms with Crippen LogP contribution in [0.4, 0.5) is 17.1 Å². The summed E-state index contributed by atoms with van der Waals surface area (Å²) in [5.74, 6) is 0. The fourth-order valence-electron chi connectivity index (χ4n) is 8.16. The molecule has 4 heteroatoms. The van der Waals surface area contributed by atoms with Gasteiger partial charge in [-0.15, -0.1) is 22.7 Å². The molecule has 0 aliphatic carbocycles. The lowest BCUT2D eigenvalue weighted by atomic mass is 9.97. The maximum atomic E-state index is 5.05.